The highest BCUT2D eigenvalue weighted by Crippen LogP contribution is 2.33. The second-order valence-corrected chi connectivity index (χ2v) is 9.96. The molecule has 3 heterocycles. The molecule has 5 rings (SSSR count). The van der Waals surface area contributed by atoms with E-state index in [1.54, 1.807) is 21.7 Å². The largest absolute Gasteiger partial charge is 0.444 e. The Morgan fingerprint density at radius 2 is 1.78 bits per heavy atom. The third-order valence-corrected chi connectivity index (χ3v) is 7.31. The number of ether oxygens (including phenoxy) is 1. The molecule has 36 heavy (non-hydrogen) atoms. The van der Waals surface area contributed by atoms with Gasteiger partial charge >= 0.3 is 12.1 Å². The summed E-state index contributed by atoms with van der Waals surface area (Å²) in [6.07, 6.45) is 1.76. The summed E-state index contributed by atoms with van der Waals surface area (Å²) in [6, 6.07) is 2.36. The minimum atomic E-state index is -1.05. The molecule has 10 nitrogen and oxygen atoms in total. The van der Waals surface area contributed by atoms with Crippen molar-refractivity contribution >= 4 is 29.6 Å². The van der Waals surface area contributed by atoms with E-state index in [2.05, 4.69) is 10.6 Å². The van der Waals surface area contributed by atoms with E-state index < -0.39 is 35.5 Å². The number of carbonyl (C=O) groups is 4. The molecular formula is C24H29F2N5O5. The van der Waals surface area contributed by atoms with Gasteiger partial charge in [0.05, 0.1) is 18.5 Å². The smallest absolute Gasteiger partial charge is 0.407 e. The van der Waals surface area contributed by atoms with Crippen LogP contribution >= 0.6 is 0 Å². The summed E-state index contributed by atoms with van der Waals surface area (Å²) >= 11 is 0. The van der Waals surface area contributed by atoms with E-state index in [4.69, 9.17) is 4.74 Å². The first kappa shape index (κ1) is 24.3. The van der Waals surface area contributed by atoms with Crippen LogP contribution < -0.4 is 15.5 Å². The van der Waals surface area contributed by atoms with Crippen molar-refractivity contribution in [1.29, 1.82) is 0 Å². The molecule has 4 fully saturated rings. The first-order valence-electron chi connectivity index (χ1n) is 12.3. The summed E-state index contributed by atoms with van der Waals surface area (Å²) in [6.45, 7) is 1.58. The number of alkyl carbamates (subject to hydrolysis) is 1. The third-order valence-electron chi connectivity index (χ3n) is 7.31. The van der Waals surface area contributed by atoms with E-state index in [-0.39, 0.29) is 36.6 Å². The van der Waals surface area contributed by atoms with E-state index in [1.807, 2.05) is 0 Å². The van der Waals surface area contributed by atoms with Crippen molar-refractivity contribution in [3.8, 4) is 0 Å². The van der Waals surface area contributed by atoms with Crippen molar-refractivity contribution in [2.24, 2.45) is 0 Å². The highest BCUT2D eigenvalue weighted by molar-refractivity contribution is 6.01. The van der Waals surface area contributed by atoms with E-state index in [0.29, 0.717) is 44.3 Å². The van der Waals surface area contributed by atoms with Gasteiger partial charge in [-0.2, -0.15) is 0 Å². The highest BCUT2D eigenvalue weighted by Gasteiger charge is 2.37. The molecule has 1 aliphatic carbocycles. The molecule has 0 spiro atoms. The number of amides is 5. The van der Waals surface area contributed by atoms with Crippen molar-refractivity contribution < 1.29 is 32.7 Å². The number of nitrogens with one attached hydrogen (secondary N) is 2. The Bertz CT molecular complexity index is 1070. The predicted octanol–water partition coefficient (Wildman–Crippen LogP) is 1.69. The fraction of sp³-hybridized carbons (Fsp3) is 0.583. The zero-order valence-electron chi connectivity index (χ0n) is 20.0. The number of piperidine rings is 1. The van der Waals surface area contributed by atoms with Gasteiger partial charge in [0.15, 0.2) is 0 Å². The minimum Gasteiger partial charge on any atom is -0.444 e. The fourth-order valence-corrected chi connectivity index (χ4v) is 5.03. The maximum absolute atomic E-state index is 14.8. The van der Waals surface area contributed by atoms with Gasteiger partial charge in [0.2, 0.25) is 11.8 Å². The van der Waals surface area contributed by atoms with Crippen LogP contribution in [0, 0.1) is 11.6 Å². The predicted molar refractivity (Wildman–Crippen MR) is 123 cm³/mol. The van der Waals surface area contributed by atoms with E-state index >= 15 is 0 Å². The van der Waals surface area contributed by atoms with Gasteiger partial charge in [0, 0.05) is 56.8 Å². The van der Waals surface area contributed by atoms with Crippen LogP contribution in [0.2, 0.25) is 0 Å². The van der Waals surface area contributed by atoms with Gasteiger partial charge in [0.25, 0.3) is 0 Å². The number of nitrogens with zero attached hydrogens (tertiary/aromatic N) is 3. The molecule has 3 aliphatic heterocycles. The lowest BCUT2D eigenvalue weighted by Gasteiger charge is -2.41. The molecule has 1 aromatic carbocycles. The lowest BCUT2D eigenvalue weighted by atomic mass is 9.89. The molecule has 1 unspecified atom stereocenters. The molecule has 4 aliphatic rings. The first-order valence-corrected chi connectivity index (χ1v) is 12.3. The first-order chi connectivity index (χ1) is 17.2. The maximum Gasteiger partial charge on any atom is 0.407 e. The van der Waals surface area contributed by atoms with E-state index in [1.165, 1.54) is 12.1 Å². The molecule has 12 heteroatoms. The molecule has 2 N–H and O–H groups in total. The topological polar surface area (TPSA) is 111 Å². The Morgan fingerprint density at radius 1 is 1.08 bits per heavy atom. The Balaban J connectivity index is 1.09. The van der Waals surface area contributed by atoms with Crippen molar-refractivity contribution in [3.05, 3.63) is 29.3 Å². The maximum atomic E-state index is 14.8. The number of halogens is 2. The van der Waals surface area contributed by atoms with Crippen molar-refractivity contribution in [3.63, 3.8) is 0 Å². The molecule has 0 bridgehead atoms. The Hall–Kier alpha value is -3.44. The van der Waals surface area contributed by atoms with Crippen LogP contribution in [-0.2, 0) is 14.3 Å². The number of imide groups is 1. The number of anilines is 1. The summed E-state index contributed by atoms with van der Waals surface area (Å²) < 4.78 is 35.0. The van der Waals surface area contributed by atoms with Gasteiger partial charge in [0.1, 0.15) is 17.7 Å². The minimum absolute atomic E-state index is 0.0271. The van der Waals surface area contributed by atoms with Gasteiger partial charge < -0.3 is 24.8 Å². The summed E-state index contributed by atoms with van der Waals surface area (Å²) in [5, 5.41) is 4.87. The normalized spacial score (nSPS) is 24.3. The van der Waals surface area contributed by atoms with Crippen LogP contribution in [0.5, 0.6) is 0 Å². The van der Waals surface area contributed by atoms with Crippen LogP contribution in [0.25, 0.3) is 0 Å². The highest BCUT2D eigenvalue weighted by atomic mass is 19.1. The lowest BCUT2D eigenvalue weighted by molar-refractivity contribution is -0.134. The van der Waals surface area contributed by atoms with E-state index in [9.17, 15) is 28.0 Å². The average Bonchev–Trinajstić information content (AvgIpc) is 3.54. The molecule has 2 atom stereocenters. The third kappa shape index (κ3) is 4.93. The van der Waals surface area contributed by atoms with Gasteiger partial charge in [-0.25, -0.2) is 18.4 Å². The standard InChI is InChI=1S/C24H29F2N5O5/c1-29(14-2-3-14)24(35)30-7-6-16(12-30)36-23(34)27-13-10-31(11-13)15-8-18(25)21(19(26)9-15)17-4-5-20(32)28-22(17)33/h8-9,13-14,16-17H,2-7,10-12H2,1H3,(H,27,34)(H,28,32,33)/t16-,17?/m1/s1. The van der Waals surface area contributed by atoms with E-state index in [0.717, 1.165) is 12.8 Å². The molecule has 0 aromatic heterocycles. The number of urea groups is 1. The second kappa shape index (κ2) is 9.55. The Labute approximate surface area is 206 Å². The monoisotopic (exact) mass is 505 g/mol. The lowest BCUT2D eigenvalue weighted by Crippen LogP contribution is -2.59. The van der Waals surface area contributed by atoms with Crippen molar-refractivity contribution in [2.45, 2.75) is 56.2 Å². The van der Waals surface area contributed by atoms with Crippen LogP contribution in [0.4, 0.5) is 24.1 Å². The Kier molecular flexibility index (Phi) is 6.44. The van der Waals surface area contributed by atoms with Gasteiger partial charge in [-0.15, -0.1) is 0 Å². The summed E-state index contributed by atoms with van der Waals surface area (Å²) in [4.78, 5) is 53.3. The summed E-state index contributed by atoms with van der Waals surface area (Å²) in [5.41, 5.74) is -0.0351. The molecular weight excluding hydrogens is 476 g/mol. The van der Waals surface area contributed by atoms with Gasteiger partial charge in [-0.1, -0.05) is 0 Å². The SMILES string of the molecule is CN(C(=O)N1CC[C@@H](OC(=O)NC2CN(c3cc(F)c(C4CCC(=O)NC4=O)c(F)c3)C2)C1)C1CC1. The summed E-state index contributed by atoms with van der Waals surface area (Å²) in [5.74, 6) is -3.89. The van der Waals surface area contributed by atoms with Crippen LogP contribution in [-0.4, -0.2) is 85.2 Å². The number of likely N-dealkylation sites (tertiary alicyclic amines) is 1. The number of hydrogen-bond acceptors (Lipinski definition) is 6. The number of hydrogen-bond donors (Lipinski definition) is 2. The van der Waals surface area contributed by atoms with Gasteiger partial charge in [-0.3, -0.25) is 14.9 Å². The van der Waals surface area contributed by atoms with Gasteiger partial charge in [-0.05, 0) is 31.4 Å². The zero-order chi connectivity index (χ0) is 25.6. The number of rotatable bonds is 5. The van der Waals surface area contributed by atoms with Crippen LogP contribution in [0.15, 0.2) is 12.1 Å². The fourth-order valence-electron chi connectivity index (χ4n) is 5.03. The molecule has 194 valence electrons. The molecule has 0 radical (unpaired) electrons. The molecule has 3 saturated heterocycles. The number of benzene rings is 1. The second-order valence-electron chi connectivity index (χ2n) is 9.96. The molecule has 5 amide bonds. The van der Waals surface area contributed by atoms with Crippen LogP contribution in [0.1, 0.15) is 43.6 Å². The molecule has 1 aromatic rings. The Morgan fingerprint density at radius 3 is 2.42 bits per heavy atom. The quantitative estimate of drug-likeness (QED) is 0.590. The number of carbonyl (C=O) groups excluding carboxylic acids is 4. The molecule has 1 saturated carbocycles. The average molecular weight is 506 g/mol. The van der Waals surface area contributed by atoms with Crippen molar-refractivity contribution in [2.75, 3.05) is 38.1 Å². The summed E-state index contributed by atoms with van der Waals surface area (Å²) in [7, 11) is 1.80. The van der Waals surface area contributed by atoms with Crippen LogP contribution in [0.3, 0.4) is 0 Å². The zero-order valence-corrected chi connectivity index (χ0v) is 20.0. The van der Waals surface area contributed by atoms with Crippen molar-refractivity contribution in [1.82, 2.24) is 20.4 Å².